The van der Waals surface area contributed by atoms with Crippen LogP contribution in [0.15, 0.2) is 36.7 Å². The first-order valence-electron chi connectivity index (χ1n) is 10.5. The summed E-state index contributed by atoms with van der Waals surface area (Å²) in [6.07, 6.45) is 3.24. The van der Waals surface area contributed by atoms with E-state index in [9.17, 15) is 9.90 Å². The minimum Gasteiger partial charge on any atom is -0.481 e. The Morgan fingerprint density at radius 3 is 2.67 bits per heavy atom. The fourth-order valence-corrected chi connectivity index (χ4v) is 5.18. The molecule has 168 valence electrons. The minimum absolute atomic E-state index is 0.0160. The van der Waals surface area contributed by atoms with E-state index in [-0.39, 0.29) is 12.4 Å². The Morgan fingerprint density at radius 1 is 1.18 bits per heavy atom. The van der Waals surface area contributed by atoms with Crippen molar-refractivity contribution in [3.8, 4) is 21.8 Å². The second-order valence-corrected chi connectivity index (χ2v) is 8.83. The van der Waals surface area contributed by atoms with Gasteiger partial charge in [-0.2, -0.15) is 0 Å². The summed E-state index contributed by atoms with van der Waals surface area (Å²) in [6, 6.07) is 7.66. The van der Waals surface area contributed by atoms with Crippen molar-refractivity contribution in [2.75, 3.05) is 36.9 Å². The van der Waals surface area contributed by atoms with E-state index >= 15 is 0 Å². The van der Waals surface area contributed by atoms with E-state index < -0.39 is 5.97 Å². The van der Waals surface area contributed by atoms with Crippen LogP contribution in [-0.4, -0.2) is 57.3 Å². The van der Waals surface area contributed by atoms with Crippen LogP contribution in [0, 0.1) is 6.92 Å². The molecule has 10 heteroatoms. The van der Waals surface area contributed by atoms with E-state index in [0.717, 1.165) is 50.7 Å². The summed E-state index contributed by atoms with van der Waals surface area (Å²) < 4.78 is 6.53. The smallest absolute Gasteiger partial charge is 0.307 e. The third-order valence-corrected chi connectivity index (χ3v) is 6.86. The molecule has 0 atom stereocenters. The van der Waals surface area contributed by atoms with Gasteiger partial charge in [-0.15, -0.1) is 11.3 Å². The molecule has 4 heterocycles. The lowest BCUT2D eigenvalue weighted by atomic mass is 10.0. The van der Waals surface area contributed by atoms with Crippen LogP contribution in [0.2, 0.25) is 0 Å². The molecule has 0 radical (unpaired) electrons. The number of nitrogens with two attached hydrogens (primary N) is 1. The average Bonchev–Trinajstić information content (AvgIpc) is 3.16. The van der Waals surface area contributed by atoms with Crippen molar-refractivity contribution < 1.29 is 14.6 Å². The largest absolute Gasteiger partial charge is 0.481 e. The monoisotopic (exact) mass is 462 g/mol. The van der Waals surface area contributed by atoms with Gasteiger partial charge in [0.05, 0.1) is 35.4 Å². The fraction of sp³-hybridized carbons (Fsp3) is 0.261. The summed E-state index contributed by atoms with van der Waals surface area (Å²) in [5, 5.41) is 9.18. The molecular weight excluding hydrogens is 440 g/mol. The van der Waals surface area contributed by atoms with Gasteiger partial charge in [-0.1, -0.05) is 18.2 Å². The number of hydrogen-bond donors (Lipinski definition) is 2. The predicted molar refractivity (Wildman–Crippen MR) is 127 cm³/mol. The molecule has 0 saturated carbocycles. The van der Waals surface area contributed by atoms with Crippen molar-refractivity contribution in [2.24, 2.45) is 0 Å². The highest BCUT2D eigenvalue weighted by atomic mass is 32.1. The summed E-state index contributed by atoms with van der Waals surface area (Å²) in [5.41, 5.74) is 9.97. The molecule has 0 amide bonds. The van der Waals surface area contributed by atoms with Gasteiger partial charge in [-0.05, 0) is 29.7 Å². The SMILES string of the molecule is Cc1c(-c2cccc(CC(=O)O)c2)sc2c(N3CCOCC3)nc(-c3cnc(N)nc3)nc12. The fourth-order valence-electron chi connectivity index (χ4n) is 3.92. The van der Waals surface area contributed by atoms with E-state index in [1.165, 1.54) is 0 Å². The van der Waals surface area contributed by atoms with Crippen molar-refractivity contribution in [2.45, 2.75) is 13.3 Å². The van der Waals surface area contributed by atoms with Gasteiger partial charge < -0.3 is 20.5 Å². The van der Waals surface area contributed by atoms with Crippen molar-refractivity contribution in [3.05, 3.63) is 47.8 Å². The molecule has 0 unspecified atom stereocenters. The molecule has 0 aliphatic carbocycles. The number of aromatic nitrogens is 4. The highest BCUT2D eigenvalue weighted by Gasteiger charge is 2.23. The van der Waals surface area contributed by atoms with Crippen molar-refractivity contribution in [3.63, 3.8) is 0 Å². The Morgan fingerprint density at radius 2 is 1.94 bits per heavy atom. The molecule has 3 N–H and O–H groups in total. The van der Waals surface area contributed by atoms with Gasteiger partial charge in [0.25, 0.3) is 0 Å². The molecule has 9 nitrogen and oxygen atoms in total. The number of aryl methyl sites for hydroxylation is 1. The number of nitrogen functional groups attached to an aromatic ring is 1. The second kappa shape index (κ2) is 8.72. The van der Waals surface area contributed by atoms with Gasteiger partial charge in [0, 0.05) is 30.4 Å². The maximum atomic E-state index is 11.2. The lowest BCUT2D eigenvalue weighted by Crippen LogP contribution is -2.36. The Kier molecular flexibility index (Phi) is 5.61. The Balaban J connectivity index is 1.68. The van der Waals surface area contributed by atoms with Crippen LogP contribution >= 0.6 is 11.3 Å². The maximum absolute atomic E-state index is 11.2. The van der Waals surface area contributed by atoms with E-state index in [0.29, 0.717) is 24.6 Å². The van der Waals surface area contributed by atoms with E-state index in [1.54, 1.807) is 23.7 Å². The molecular formula is C23H22N6O3S. The normalized spacial score (nSPS) is 14.0. The van der Waals surface area contributed by atoms with Gasteiger partial charge >= 0.3 is 5.97 Å². The van der Waals surface area contributed by atoms with Crippen LogP contribution in [0.1, 0.15) is 11.1 Å². The van der Waals surface area contributed by atoms with Gasteiger partial charge in [0.15, 0.2) is 11.6 Å². The first-order chi connectivity index (χ1) is 16.0. The topological polar surface area (TPSA) is 127 Å². The number of thiophene rings is 1. The highest BCUT2D eigenvalue weighted by Crippen LogP contribution is 2.42. The number of anilines is 2. The van der Waals surface area contributed by atoms with E-state index in [2.05, 4.69) is 14.9 Å². The first-order valence-corrected chi connectivity index (χ1v) is 11.3. The average molecular weight is 463 g/mol. The predicted octanol–water partition coefficient (Wildman–Crippen LogP) is 3.17. The van der Waals surface area contributed by atoms with Crippen LogP contribution in [0.25, 0.3) is 32.0 Å². The number of carboxylic acids is 1. The van der Waals surface area contributed by atoms with Crippen LogP contribution in [0.4, 0.5) is 11.8 Å². The number of carbonyl (C=O) groups is 1. The number of carboxylic acid groups (broad SMARTS) is 1. The van der Waals surface area contributed by atoms with Crippen LogP contribution in [-0.2, 0) is 16.0 Å². The van der Waals surface area contributed by atoms with E-state index in [4.69, 9.17) is 20.4 Å². The number of rotatable bonds is 5. The molecule has 0 bridgehead atoms. The lowest BCUT2D eigenvalue weighted by molar-refractivity contribution is -0.136. The van der Waals surface area contributed by atoms with Gasteiger partial charge in [0.1, 0.15) is 0 Å². The number of nitrogens with zero attached hydrogens (tertiary/aromatic N) is 5. The Hall–Kier alpha value is -3.63. The van der Waals surface area contributed by atoms with Gasteiger partial charge in [-0.3, -0.25) is 4.79 Å². The Labute approximate surface area is 193 Å². The van der Waals surface area contributed by atoms with Crippen LogP contribution in [0.3, 0.4) is 0 Å². The molecule has 1 aliphatic rings. The maximum Gasteiger partial charge on any atom is 0.307 e. The van der Waals surface area contributed by atoms with Crippen LogP contribution < -0.4 is 10.6 Å². The third kappa shape index (κ3) is 4.22. The lowest BCUT2D eigenvalue weighted by Gasteiger charge is -2.28. The summed E-state index contributed by atoms with van der Waals surface area (Å²) in [4.78, 5) is 32.4. The molecule has 4 aromatic rings. The molecule has 33 heavy (non-hydrogen) atoms. The first kappa shape index (κ1) is 21.2. The number of hydrogen-bond acceptors (Lipinski definition) is 9. The summed E-state index contributed by atoms with van der Waals surface area (Å²) in [6.45, 7) is 4.80. The summed E-state index contributed by atoms with van der Waals surface area (Å²) in [5.74, 6) is 0.742. The van der Waals surface area contributed by atoms with Gasteiger partial charge in [-0.25, -0.2) is 19.9 Å². The molecule has 1 aromatic carbocycles. The Bertz CT molecular complexity index is 1330. The zero-order valence-corrected chi connectivity index (χ0v) is 18.8. The quantitative estimate of drug-likeness (QED) is 0.459. The number of ether oxygens (including phenoxy) is 1. The van der Waals surface area contributed by atoms with Gasteiger partial charge in [0.2, 0.25) is 5.95 Å². The summed E-state index contributed by atoms with van der Waals surface area (Å²) >= 11 is 1.63. The molecule has 1 saturated heterocycles. The van der Waals surface area contributed by atoms with Crippen LogP contribution in [0.5, 0.6) is 0 Å². The molecule has 3 aromatic heterocycles. The minimum atomic E-state index is -0.851. The number of benzene rings is 1. The summed E-state index contributed by atoms with van der Waals surface area (Å²) in [7, 11) is 0. The third-order valence-electron chi connectivity index (χ3n) is 5.53. The van der Waals surface area contributed by atoms with Crippen molar-refractivity contribution in [1.29, 1.82) is 0 Å². The number of fused-ring (bicyclic) bond motifs is 1. The number of aliphatic carboxylic acids is 1. The molecule has 1 aliphatic heterocycles. The highest BCUT2D eigenvalue weighted by molar-refractivity contribution is 7.23. The molecule has 5 rings (SSSR count). The second-order valence-electron chi connectivity index (χ2n) is 7.80. The number of morpholine rings is 1. The van der Waals surface area contributed by atoms with Crippen molar-refractivity contribution in [1.82, 2.24) is 19.9 Å². The van der Waals surface area contributed by atoms with E-state index in [1.807, 2.05) is 31.2 Å². The van der Waals surface area contributed by atoms with Crippen molar-refractivity contribution >= 4 is 39.3 Å². The standard InChI is InChI=1S/C23H22N6O3S/c1-13-18-20(33-19(13)15-4-2-3-14(9-15)10-17(30)31)22(29-5-7-32-8-6-29)28-21(27-18)16-11-25-23(24)26-12-16/h2-4,9,11-12H,5-8,10H2,1H3,(H,30,31)(H2,24,25,26). The zero-order chi connectivity index (χ0) is 22.9. The molecule has 0 spiro atoms. The zero-order valence-electron chi connectivity index (χ0n) is 18.0. The molecule has 1 fully saturated rings.